The highest BCUT2D eigenvalue weighted by atomic mass is 35.5. The summed E-state index contributed by atoms with van der Waals surface area (Å²) in [5.41, 5.74) is -0.204. The lowest BCUT2D eigenvalue weighted by Crippen LogP contribution is -2.14. The number of nitrogens with zero attached hydrogens (tertiary/aromatic N) is 1. The number of aromatic nitrogens is 2. The highest BCUT2D eigenvalue weighted by Gasteiger charge is 2.24. The van der Waals surface area contributed by atoms with Crippen LogP contribution in [0.15, 0.2) is 4.79 Å². The number of aromatic amines is 1. The van der Waals surface area contributed by atoms with Gasteiger partial charge in [0.2, 0.25) is 0 Å². The molecule has 0 spiro atoms. The summed E-state index contributed by atoms with van der Waals surface area (Å²) in [6.07, 6.45) is -0.216. The summed E-state index contributed by atoms with van der Waals surface area (Å²) in [5, 5.41) is 0.180. The van der Waals surface area contributed by atoms with Crippen molar-refractivity contribution in [1.82, 2.24) is 9.97 Å². The SMILES string of the molecule is COC(=O)Cc1c(C(=O)OC)sc2nc(CCl)[nH]c(=O)c12. The van der Waals surface area contributed by atoms with Crippen LogP contribution < -0.4 is 5.56 Å². The molecule has 0 unspecified atom stereocenters. The Balaban J connectivity index is 2.73. The maximum atomic E-state index is 12.1. The van der Waals surface area contributed by atoms with Gasteiger partial charge in [0.05, 0.1) is 31.9 Å². The summed E-state index contributed by atoms with van der Waals surface area (Å²) in [5.74, 6) is -0.885. The van der Waals surface area contributed by atoms with Crippen molar-refractivity contribution in [3.05, 3.63) is 26.6 Å². The largest absolute Gasteiger partial charge is 0.469 e. The molecule has 0 aliphatic heterocycles. The fraction of sp³-hybridized carbons (Fsp3) is 0.333. The third kappa shape index (κ3) is 2.91. The average Bonchev–Trinajstić information content (AvgIpc) is 2.85. The summed E-state index contributed by atoms with van der Waals surface area (Å²) < 4.78 is 9.26. The molecular weight excluding hydrogens is 320 g/mol. The predicted molar refractivity (Wildman–Crippen MR) is 76.9 cm³/mol. The zero-order valence-electron chi connectivity index (χ0n) is 11.2. The van der Waals surface area contributed by atoms with E-state index in [9.17, 15) is 14.4 Å². The Morgan fingerprint density at radius 2 is 2.05 bits per heavy atom. The molecule has 0 aliphatic carbocycles. The van der Waals surface area contributed by atoms with Crippen molar-refractivity contribution in [1.29, 1.82) is 0 Å². The maximum absolute atomic E-state index is 12.1. The van der Waals surface area contributed by atoms with E-state index in [1.807, 2.05) is 0 Å². The predicted octanol–water partition coefficient (Wildman–Crippen LogP) is 1.23. The number of halogens is 1. The molecule has 0 fully saturated rings. The molecule has 2 aromatic heterocycles. The molecule has 2 heterocycles. The number of carbonyl (C=O) groups excluding carboxylic acids is 2. The molecular formula is C12H11ClN2O5S. The van der Waals surface area contributed by atoms with E-state index in [0.29, 0.717) is 4.83 Å². The monoisotopic (exact) mass is 330 g/mol. The Labute approximate surface area is 127 Å². The molecule has 0 radical (unpaired) electrons. The van der Waals surface area contributed by atoms with Crippen LogP contribution in [0.2, 0.25) is 0 Å². The number of H-pyrrole nitrogens is 1. The van der Waals surface area contributed by atoms with Gasteiger partial charge in [-0.1, -0.05) is 0 Å². The van der Waals surface area contributed by atoms with Gasteiger partial charge in [-0.05, 0) is 0 Å². The number of nitrogens with one attached hydrogen (secondary N) is 1. The van der Waals surface area contributed by atoms with Gasteiger partial charge >= 0.3 is 11.9 Å². The minimum absolute atomic E-state index is 0.0307. The van der Waals surface area contributed by atoms with Crippen LogP contribution >= 0.6 is 22.9 Å². The first-order chi connectivity index (χ1) is 10.0. The lowest BCUT2D eigenvalue weighted by molar-refractivity contribution is -0.139. The standard InChI is InChI=1S/C12H11ClN2O5S/c1-19-7(16)3-5-8-10(17)14-6(4-13)15-11(8)21-9(5)12(18)20-2/h3-4H2,1-2H3,(H,14,15,17). The molecule has 0 amide bonds. The molecule has 0 saturated heterocycles. The van der Waals surface area contributed by atoms with Gasteiger partial charge in [-0.3, -0.25) is 9.59 Å². The molecule has 0 bridgehead atoms. The summed E-state index contributed by atoms with van der Waals surface area (Å²) in [6.45, 7) is 0. The molecule has 0 aromatic carbocycles. The molecule has 9 heteroatoms. The summed E-state index contributed by atoms with van der Waals surface area (Å²) >= 11 is 6.63. The second kappa shape index (κ2) is 6.23. The maximum Gasteiger partial charge on any atom is 0.348 e. The molecule has 21 heavy (non-hydrogen) atoms. The van der Waals surface area contributed by atoms with Gasteiger partial charge in [0.25, 0.3) is 5.56 Å². The van der Waals surface area contributed by atoms with E-state index < -0.39 is 17.5 Å². The van der Waals surface area contributed by atoms with Gasteiger partial charge < -0.3 is 14.5 Å². The number of hydrogen-bond donors (Lipinski definition) is 1. The van der Waals surface area contributed by atoms with E-state index in [1.54, 1.807) is 0 Å². The normalized spacial score (nSPS) is 10.6. The Morgan fingerprint density at radius 3 is 2.62 bits per heavy atom. The molecule has 0 atom stereocenters. The van der Waals surface area contributed by atoms with Gasteiger partial charge in [-0.15, -0.1) is 22.9 Å². The first-order valence-electron chi connectivity index (χ1n) is 5.77. The zero-order chi connectivity index (χ0) is 15.6. The number of thiophene rings is 1. The van der Waals surface area contributed by atoms with Gasteiger partial charge in [-0.25, -0.2) is 9.78 Å². The van der Waals surface area contributed by atoms with Gasteiger partial charge in [0.1, 0.15) is 15.5 Å². The number of methoxy groups -OCH3 is 2. The minimum atomic E-state index is -0.635. The highest BCUT2D eigenvalue weighted by molar-refractivity contribution is 7.20. The van der Waals surface area contributed by atoms with Crippen LogP contribution in [0.3, 0.4) is 0 Å². The third-order valence-corrected chi connectivity index (χ3v) is 4.12. The molecule has 2 aromatic rings. The molecule has 0 aliphatic rings. The molecule has 2 rings (SSSR count). The smallest absolute Gasteiger partial charge is 0.348 e. The van der Waals surface area contributed by atoms with E-state index in [2.05, 4.69) is 19.4 Å². The quantitative estimate of drug-likeness (QED) is 0.668. The van der Waals surface area contributed by atoms with Gasteiger partial charge in [0, 0.05) is 5.56 Å². The fourth-order valence-electron chi connectivity index (χ4n) is 1.81. The summed E-state index contributed by atoms with van der Waals surface area (Å²) in [4.78, 5) is 42.6. The first kappa shape index (κ1) is 15.5. The van der Waals surface area contributed by atoms with Crippen LogP contribution in [0.25, 0.3) is 10.2 Å². The molecule has 0 saturated carbocycles. The van der Waals surface area contributed by atoms with Crippen molar-refractivity contribution in [3.8, 4) is 0 Å². The second-order valence-corrected chi connectivity index (χ2v) is 5.25. The highest BCUT2D eigenvalue weighted by Crippen LogP contribution is 2.29. The lowest BCUT2D eigenvalue weighted by Gasteiger charge is -2.02. The van der Waals surface area contributed by atoms with Crippen molar-refractivity contribution in [2.45, 2.75) is 12.3 Å². The number of hydrogen-bond acceptors (Lipinski definition) is 7. The van der Waals surface area contributed by atoms with E-state index in [0.717, 1.165) is 11.3 Å². The van der Waals surface area contributed by atoms with Crippen molar-refractivity contribution in [3.63, 3.8) is 0 Å². The van der Waals surface area contributed by atoms with Crippen LogP contribution in [0, 0.1) is 0 Å². The van der Waals surface area contributed by atoms with Crippen molar-refractivity contribution < 1.29 is 19.1 Å². The Bertz CT molecular complexity index is 767. The Kier molecular flexibility index (Phi) is 4.59. The second-order valence-electron chi connectivity index (χ2n) is 3.98. The van der Waals surface area contributed by atoms with Crippen LogP contribution in [0.4, 0.5) is 0 Å². The number of rotatable bonds is 4. The number of carbonyl (C=O) groups is 2. The van der Waals surface area contributed by atoms with Crippen LogP contribution in [0.5, 0.6) is 0 Å². The Morgan fingerprint density at radius 1 is 1.33 bits per heavy atom. The molecule has 7 nitrogen and oxygen atoms in total. The zero-order valence-corrected chi connectivity index (χ0v) is 12.8. The lowest BCUT2D eigenvalue weighted by atomic mass is 10.1. The first-order valence-corrected chi connectivity index (χ1v) is 7.12. The van der Waals surface area contributed by atoms with Gasteiger partial charge in [0.15, 0.2) is 0 Å². The number of ether oxygens (including phenoxy) is 2. The van der Waals surface area contributed by atoms with Crippen molar-refractivity contribution >= 4 is 45.1 Å². The average molecular weight is 331 g/mol. The topological polar surface area (TPSA) is 98.3 Å². The van der Waals surface area contributed by atoms with Crippen molar-refractivity contribution in [2.24, 2.45) is 0 Å². The minimum Gasteiger partial charge on any atom is -0.469 e. The Hall–Kier alpha value is -1.93. The summed E-state index contributed by atoms with van der Waals surface area (Å²) in [7, 11) is 2.44. The van der Waals surface area contributed by atoms with E-state index in [4.69, 9.17) is 11.6 Å². The van der Waals surface area contributed by atoms with Crippen molar-refractivity contribution in [2.75, 3.05) is 14.2 Å². The summed E-state index contributed by atoms with van der Waals surface area (Å²) in [6, 6.07) is 0. The molecule has 1 N–H and O–H groups in total. The van der Waals surface area contributed by atoms with Gasteiger partial charge in [-0.2, -0.15) is 0 Å². The van der Waals surface area contributed by atoms with Crippen LogP contribution in [-0.4, -0.2) is 36.1 Å². The fourth-order valence-corrected chi connectivity index (χ4v) is 3.07. The third-order valence-electron chi connectivity index (χ3n) is 2.76. The van der Waals surface area contributed by atoms with E-state index in [1.165, 1.54) is 14.2 Å². The van der Waals surface area contributed by atoms with E-state index in [-0.39, 0.29) is 34.0 Å². The molecule has 112 valence electrons. The number of fused-ring (bicyclic) bond motifs is 1. The number of alkyl halides is 1. The van der Waals surface area contributed by atoms with Crippen LogP contribution in [0.1, 0.15) is 21.1 Å². The number of esters is 2. The van der Waals surface area contributed by atoms with Crippen LogP contribution in [-0.2, 0) is 26.6 Å². The van der Waals surface area contributed by atoms with E-state index >= 15 is 0 Å².